The van der Waals surface area contributed by atoms with Gasteiger partial charge in [-0.05, 0) is 54.3 Å². The maximum atomic E-state index is 13.7. The van der Waals surface area contributed by atoms with Crippen LogP contribution in [0.15, 0.2) is 77.3 Å². The summed E-state index contributed by atoms with van der Waals surface area (Å²) in [6.07, 6.45) is 1.24. The molecule has 37 heavy (non-hydrogen) atoms. The highest BCUT2D eigenvalue weighted by Gasteiger charge is 2.30. The van der Waals surface area contributed by atoms with Gasteiger partial charge in [-0.2, -0.15) is 0 Å². The van der Waals surface area contributed by atoms with Gasteiger partial charge in [-0.15, -0.1) is 11.8 Å². The van der Waals surface area contributed by atoms with Crippen molar-refractivity contribution in [2.24, 2.45) is 0 Å². The van der Waals surface area contributed by atoms with Gasteiger partial charge in [-0.25, -0.2) is 0 Å². The van der Waals surface area contributed by atoms with Crippen molar-refractivity contribution in [2.75, 3.05) is 5.75 Å². The van der Waals surface area contributed by atoms with Crippen molar-refractivity contribution < 1.29 is 9.59 Å². The van der Waals surface area contributed by atoms with E-state index in [4.69, 9.17) is 23.2 Å². The van der Waals surface area contributed by atoms with Gasteiger partial charge in [-0.3, -0.25) is 9.59 Å². The van der Waals surface area contributed by atoms with E-state index in [0.29, 0.717) is 28.8 Å². The van der Waals surface area contributed by atoms with Crippen molar-refractivity contribution in [3.8, 4) is 0 Å². The highest BCUT2D eigenvalue weighted by molar-refractivity contribution is 9.10. The molecule has 0 aliphatic rings. The van der Waals surface area contributed by atoms with Crippen LogP contribution in [0.3, 0.4) is 0 Å². The Morgan fingerprint density at radius 1 is 1.00 bits per heavy atom. The largest absolute Gasteiger partial charge is 0.352 e. The minimum atomic E-state index is -0.646. The van der Waals surface area contributed by atoms with Gasteiger partial charge in [-0.1, -0.05) is 94.6 Å². The fourth-order valence-corrected chi connectivity index (χ4v) is 5.48. The molecule has 0 radical (unpaired) electrons. The maximum Gasteiger partial charge on any atom is 0.243 e. The maximum absolute atomic E-state index is 13.7. The zero-order valence-electron chi connectivity index (χ0n) is 20.9. The monoisotopic (exact) mass is 620 g/mol. The van der Waals surface area contributed by atoms with E-state index >= 15 is 0 Å². The average molecular weight is 622 g/mol. The Hall–Kier alpha value is -1.99. The Morgan fingerprint density at radius 2 is 1.70 bits per heavy atom. The molecular weight excluding hydrogens is 591 g/mol. The summed E-state index contributed by atoms with van der Waals surface area (Å²) in [4.78, 5) is 28.9. The van der Waals surface area contributed by atoms with Crippen molar-refractivity contribution in [3.63, 3.8) is 0 Å². The van der Waals surface area contributed by atoms with Crippen LogP contribution in [0.4, 0.5) is 0 Å². The Balaban J connectivity index is 1.85. The summed E-state index contributed by atoms with van der Waals surface area (Å²) in [6.45, 7) is 4.34. The molecule has 3 rings (SSSR count). The summed E-state index contributed by atoms with van der Waals surface area (Å²) < 4.78 is 0.958. The SMILES string of the molecule is CC[C@H](C)NC(=O)[C@H](Cc1ccccc1)N(Cc1ccc(Br)cc1)C(=O)CSCc1ccc(Cl)cc1Cl. The number of hydrogen-bond donors (Lipinski definition) is 1. The molecule has 3 aromatic rings. The van der Waals surface area contributed by atoms with E-state index in [0.717, 1.165) is 27.6 Å². The summed E-state index contributed by atoms with van der Waals surface area (Å²) in [6, 6.07) is 22.4. The average Bonchev–Trinajstić information content (AvgIpc) is 2.88. The molecule has 8 heteroatoms. The fraction of sp³-hybridized carbons (Fsp3) is 0.310. The highest BCUT2D eigenvalue weighted by atomic mass is 79.9. The molecule has 2 atom stereocenters. The number of benzene rings is 3. The molecule has 196 valence electrons. The first-order valence-electron chi connectivity index (χ1n) is 12.2. The van der Waals surface area contributed by atoms with E-state index in [-0.39, 0.29) is 23.6 Å². The van der Waals surface area contributed by atoms with E-state index in [1.54, 1.807) is 17.0 Å². The lowest BCUT2D eigenvalue weighted by Gasteiger charge is -2.32. The molecule has 4 nitrogen and oxygen atoms in total. The Kier molecular flexibility index (Phi) is 11.8. The zero-order valence-corrected chi connectivity index (χ0v) is 24.8. The number of amides is 2. The summed E-state index contributed by atoms with van der Waals surface area (Å²) in [5.74, 6) is 0.542. The van der Waals surface area contributed by atoms with Gasteiger partial charge in [0.1, 0.15) is 6.04 Å². The lowest BCUT2D eigenvalue weighted by molar-refractivity contribution is -0.139. The van der Waals surface area contributed by atoms with Crippen LogP contribution in [0.1, 0.15) is 37.0 Å². The van der Waals surface area contributed by atoms with E-state index in [1.165, 1.54) is 11.8 Å². The van der Waals surface area contributed by atoms with E-state index < -0.39 is 6.04 Å². The predicted octanol–water partition coefficient (Wildman–Crippen LogP) is 7.54. The Bertz CT molecular complexity index is 1180. The number of hydrogen-bond acceptors (Lipinski definition) is 3. The number of nitrogens with one attached hydrogen (secondary N) is 1. The molecule has 1 N–H and O–H groups in total. The van der Waals surface area contributed by atoms with Crippen molar-refractivity contribution in [3.05, 3.63) is 104 Å². The van der Waals surface area contributed by atoms with Gasteiger partial charge in [0.2, 0.25) is 11.8 Å². The topological polar surface area (TPSA) is 49.4 Å². The number of carbonyl (C=O) groups excluding carboxylic acids is 2. The summed E-state index contributed by atoms with van der Waals surface area (Å²) in [5.41, 5.74) is 2.87. The molecule has 3 aromatic carbocycles. The first-order valence-corrected chi connectivity index (χ1v) is 14.9. The van der Waals surface area contributed by atoms with Crippen LogP contribution in [0.25, 0.3) is 0 Å². The van der Waals surface area contributed by atoms with E-state index in [1.807, 2.05) is 74.5 Å². The summed E-state index contributed by atoms with van der Waals surface area (Å²) in [5, 5.41) is 4.25. The van der Waals surface area contributed by atoms with Crippen LogP contribution in [0, 0.1) is 0 Å². The molecule has 0 spiro atoms. The van der Waals surface area contributed by atoms with Crippen molar-refractivity contribution in [1.82, 2.24) is 10.2 Å². The van der Waals surface area contributed by atoms with Crippen LogP contribution in [-0.4, -0.2) is 34.6 Å². The van der Waals surface area contributed by atoms with E-state index in [2.05, 4.69) is 21.2 Å². The highest BCUT2D eigenvalue weighted by Crippen LogP contribution is 2.25. The number of rotatable bonds is 12. The van der Waals surface area contributed by atoms with Crippen LogP contribution in [0.2, 0.25) is 10.0 Å². The second-order valence-corrected chi connectivity index (χ2v) is 11.6. The first-order chi connectivity index (χ1) is 17.8. The standard InChI is InChI=1S/C29H31BrCl2N2O2S/c1-3-20(2)33-29(36)27(15-21-7-5-4-6-8-21)34(17-22-9-12-24(30)13-10-22)28(35)19-37-18-23-11-14-25(31)16-26(23)32/h4-14,16,20,27H,3,15,17-19H2,1-2H3,(H,33,36)/t20-,27-/m0/s1. The quantitative estimate of drug-likeness (QED) is 0.227. The third-order valence-electron chi connectivity index (χ3n) is 6.04. The van der Waals surface area contributed by atoms with Crippen LogP contribution < -0.4 is 5.32 Å². The number of halogens is 3. The minimum Gasteiger partial charge on any atom is -0.352 e. The first kappa shape index (κ1) is 29.6. The van der Waals surface area contributed by atoms with Crippen LogP contribution >= 0.6 is 50.9 Å². The third kappa shape index (κ3) is 9.36. The second kappa shape index (κ2) is 14.8. The second-order valence-electron chi connectivity index (χ2n) is 8.90. The Morgan fingerprint density at radius 3 is 2.35 bits per heavy atom. The molecule has 0 bridgehead atoms. The number of thioether (sulfide) groups is 1. The van der Waals surface area contributed by atoms with Crippen molar-refractivity contribution in [1.29, 1.82) is 0 Å². The molecular formula is C29H31BrCl2N2O2S. The van der Waals surface area contributed by atoms with Crippen LogP contribution in [0.5, 0.6) is 0 Å². The molecule has 0 aliphatic heterocycles. The third-order valence-corrected chi connectivity index (χ3v) is 8.12. The lowest BCUT2D eigenvalue weighted by Crippen LogP contribution is -2.52. The molecule has 0 aromatic heterocycles. The van der Waals surface area contributed by atoms with E-state index in [9.17, 15) is 9.59 Å². The number of nitrogens with zero attached hydrogens (tertiary/aromatic N) is 1. The van der Waals surface area contributed by atoms with Gasteiger partial charge in [0, 0.05) is 39.3 Å². The molecule has 2 amide bonds. The predicted molar refractivity (Wildman–Crippen MR) is 159 cm³/mol. The molecule has 0 unspecified atom stereocenters. The molecule has 0 saturated carbocycles. The normalized spacial score (nSPS) is 12.6. The summed E-state index contributed by atoms with van der Waals surface area (Å²) >= 11 is 17.3. The lowest BCUT2D eigenvalue weighted by atomic mass is 10.0. The van der Waals surface area contributed by atoms with Gasteiger partial charge < -0.3 is 10.2 Å². The minimum absolute atomic E-state index is 0.0110. The molecule has 0 aliphatic carbocycles. The van der Waals surface area contributed by atoms with Gasteiger partial charge in [0.05, 0.1) is 5.75 Å². The zero-order chi connectivity index (χ0) is 26.8. The number of carbonyl (C=O) groups is 2. The summed E-state index contributed by atoms with van der Waals surface area (Å²) in [7, 11) is 0. The van der Waals surface area contributed by atoms with Gasteiger partial charge in [0.15, 0.2) is 0 Å². The van der Waals surface area contributed by atoms with Crippen molar-refractivity contribution in [2.45, 2.75) is 51.1 Å². The molecule has 0 heterocycles. The van der Waals surface area contributed by atoms with Gasteiger partial charge >= 0.3 is 0 Å². The smallest absolute Gasteiger partial charge is 0.243 e. The van der Waals surface area contributed by atoms with Crippen LogP contribution in [-0.2, 0) is 28.3 Å². The fourth-order valence-electron chi connectivity index (χ4n) is 3.75. The molecule has 0 saturated heterocycles. The van der Waals surface area contributed by atoms with Gasteiger partial charge in [0.25, 0.3) is 0 Å². The Labute approximate surface area is 242 Å². The van der Waals surface area contributed by atoms with Crippen molar-refractivity contribution >= 4 is 62.7 Å². The molecule has 0 fully saturated rings.